The SMILES string of the molecule is CCn1c2ccccc2c2cc(NC(=O)c3cccc[n+]3[O-])ccc21. The van der Waals surface area contributed by atoms with Gasteiger partial charge in [0.15, 0.2) is 6.20 Å². The predicted molar refractivity (Wildman–Crippen MR) is 98.5 cm³/mol. The van der Waals surface area contributed by atoms with Gasteiger partial charge in [0.25, 0.3) is 5.69 Å². The van der Waals surface area contributed by atoms with E-state index < -0.39 is 5.91 Å². The Hall–Kier alpha value is -3.34. The zero-order valence-electron chi connectivity index (χ0n) is 13.8. The number of fused-ring (bicyclic) bond motifs is 3. The Labute approximate surface area is 144 Å². The van der Waals surface area contributed by atoms with Gasteiger partial charge in [-0.1, -0.05) is 18.2 Å². The molecule has 2 heterocycles. The normalized spacial score (nSPS) is 11.1. The minimum Gasteiger partial charge on any atom is -0.618 e. The van der Waals surface area contributed by atoms with Crippen LogP contribution in [-0.2, 0) is 6.54 Å². The molecule has 5 nitrogen and oxygen atoms in total. The maximum absolute atomic E-state index is 12.4. The molecule has 1 amide bonds. The Bertz CT molecular complexity index is 1100. The third-order valence-corrected chi connectivity index (χ3v) is 4.40. The highest BCUT2D eigenvalue weighted by Gasteiger charge is 2.16. The first-order valence-corrected chi connectivity index (χ1v) is 8.19. The van der Waals surface area contributed by atoms with Crippen molar-refractivity contribution >= 4 is 33.4 Å². The molecule has 0 aliphatic rings. The summed E-state index contributed by atoms with van der Waals surface area (Å²) in [4.78, 5) is 12.4. The monoisotopic (exact) mass is 331 g/mol. The third-order valence-electron chi connectivity index (χ3n) is 4.40. The number of aryl methyl sites for hydroxylation is 1. The molecule has 0 spiro atoms. The molecule has 0 saturated carbocycles. The topological polar surface area (TPSA) is 61.0 Å². The molecule has 0 bridgehead atoms. The van der Waals surface area contributed by atoms with E-state index in [1.54, 1.807) is 12.1 Å². The molecule has 4 rings (SSSR count). The lowest BCUT2D eigenvalue weighted by molar-refractivity contribution is -0.607. The molecule has 1 N–H and O–H groups in total. The number of benzene rings is 2. The summed E-state index contributed by atoms with van der Waals surface area (Å²) < 4.78 is 2.82. The average molecular weight is 331 g/mol. The summed E-state index contributed by atoms with van der Waals surface area (Å²) in [6.45, 7) is 2.99. The Morgan fingerprint density at radius 1 is 1.04 bits per heavy atom. The largest absolute Gasteiger partial charge is 0.618 e. The van der Waals surface area contributed by atoms with Gasteiger partial charge in [0.1, 0.15) is 0 Å². The summed E-state index contributed by atoms with van der Waals surface area (Å²) in [6, 6.07) is 18.8. The molecule has 0 aliphatic carbocycles. The fraction of sp³-hybridized carbons (Fsp3) is 0.100. The number of carbonyl (C=O) groups excluding carboxylic acids is 1. The van der Waals surface area contributed by atoms with E-state index in [-0.39, 0.29) is 5.69 Å². The van der Waals surface area contributed by atoms with E-state index in [1.165, 1.54) is 17.8 Å². The molecule has 25 heavy (non-hydrogen) atoms. The number of hydrogen-bond acceptors (Lipinski definition) is 2. The van der Waals surface area contributed by atoms with E-state index >= 15 is 0 Å². The number of amides is 1. The molecule has 0 atom stereocenters. The summed E-state index contributed by atoms with van der Waals surface area (Å²) in [6.07, 6.45) is 1.31. The van der Waals surface area contributed by atoms with Crippen LogP contribution < -0.4 is 10.0 Å². The van der Waals surface area contributed by atoms with E-state index in [0.29, 0.717) is 10.4 Å². The number of nitrogens with zero attached hydrogens (tertiary/aromatic N) is 2. The standard InChI is InChI=1S/C20H17N3O2/c1-2-22-17-8-4-3-7-15(17)16-13-14(10-11-18(16)22)21-20(24)19-9-5-6-12-23(19)25/h3-13H,2H2,1H3,(H,21,24). The molecule has 5 heteroatoms. The van der Waals surface area contributed by atoms with Gasteiger partial charge in [0, 0.05) is 46.2 Å². The van der Waals surface area contributed by atoms with Gasteiger partial charge in [-0.2, -0.15) is 4.73 Å². The fourth-order valence-corrected chi connectivity index (χ4v) is 3.27. The van der Waals surface area contributed by atoms with Crippen molar-refractivity contribution in [3.63, 3.8) is 0 Å². The van der Waals surface area contributed by atoms with Crippen LogP contribution in [0.15, 0.2) is 66.9 Å². The minimum atomic E-state index is -0.422. The highest BCUT2D eigenvalue weighted by atomic mass is 16.5. The van der Waals surface area contributed by atoms with Crippen molar-refractivity contribution in [1.29, 1.82) is 0 Å². The first-order valence-electron chi connectivity index (χ1n) is 8.19. The Kier molecular flexibility index (Phi) is 3.61. The lowest BCUT2D eigenvalue weighted by atomic mass is 10.1. The second-order valence-corrected chi connectivity index (χ2v) is 5.86. The third kappa shape index (κ3) is 2.50. The second kappa shape index (κ2) is 5.94. The van der Waals surface area contributed by atoms with Crippen molar-refractivity contribution in [1.82, 2.24) is 4.57 Å². The van der Waals surface area contributed by atoms with Crippen LogP contribution in [0.1, 0.15) is 17.4 Å². The van der Waals surface area contributed by atoms with Crippen molar-refractivity contribution in [3.8, 4) is 0 Å². The smallest absolute Gasteiger partial charge is 0.321 e. The summed E-state index contributed by atoms with van der Waals surface area (Å²) in [5.41, 5.74) is 3.03. The maximum atomic E-state index is 12.4. The lowest BCUT2D eigenvalue weighted by Crippen LogP contribution is -2.36. The van der Waals surface area contributed by atoms with E-state index in [4.69, 9.17) is 0 Å². The quantitative estimate of drug-likeness (QED) is 0.459. The molecule has 2 aromatic carbocycles. The zero-order chi connectivity index (χ0) is 17.4. The summed E-state index contributed by atoms with van der Waals surface area (Å²) in [7, 11) is 0. The Morgan fingerprint density at radius 3 is 2.60 bits per heavy atom. The molecular weight excluding hydrogens is 314 g/mol. The van der Waals surface area contributed by atoms with Gasteiger partial charge >= 0.3 is 5.91 Å². The van der Waals surface area contributed by atoms with Gasteiger partial charge in [-0.3, -0.25) is 4.79 Å². The minimum absolute atomic E-state index is 0.0681. The van der Waals surface area contributed by atoms with E-state index in [9.17, 15) is 10.0 Å². The first-order chi connectivity index (χ1) is 12.2. The van der Waals surface area contributed by atoms with Gasteiger partial charge in [0.2, 0.25) is 0 Å². The molecule has 2 aromatic heterocycles. The van der Waals surface area contributed by atoms with Crippen molar-refractivity contribution in [3.05, 3.63) is 77.8 Å². The van der Waals surface area contributed by atoms with E-state index in [0.717, 1.165) is 22.8 Å². The number of anilines is 1. The summed E-state index contributed by atoms with van der Waals surface area (Å²) >= 11 is 0. The zero-order valence-corrected chi connectivity index (χ0v) is 13.8. The van der Waals surface area contributed by atoms with Gasteiger partial charge < -0.3 is 15.1 Å². The number of rotatable bonds is 3. The van der Waals surface area contributed by atoms with Crippen molar-refractivity contribution in [2.75, 3.05) is 5.32 Å². The predicted octanol–water partition coefficient (Wildman–Crippen LogP) is 3.70. The molecule has 0 fully saturated rings. The van der Waals surface area contributed by atoms with Crippen LogP contribution in [0.4, 0.5) is 5.69 Å². The van der Waals surface area contributed by atoms with Crippen molar-refractivity contribution in [2.24, 2.45) is 0 Å². The number of nitrogens with one attached hydrogen (secondary N) is 1. The van der Waals surface area contributed by atoms with Crippen LogP contribution in [0.3, 0.4) is 0 Å². The van der Waals surface area contributed by atoms with Gasteiger partial charge in [-0.25, -0.2) is 0 Å². The molecule has 0 radical (unpaired) electrons. The van der Waals surface area contributed by atoms with Crippen LogP contribution in [-0.4, -0.2) is 10.5 Å². The average Bonchev–Trinajstić information content (AvgIpc) is 2.95. The molecule has 0 aliphatic heterocycles. The summed E-state index contributed by atoms with van der Waals surface area (Å²) in [5.74, 6) is -0.422. The number of aromatic nitrogens is 2. The van der Waals surface area contributed by atoms with E-state index in [2.05, 4.69) is 28.9 Å². The first kappa shape index (κ1) is 15.2. The van der Waals surface area contributed by atoms with Crippen LogP contribution >= 0.6 is 0 Å². The molecule has 4 aromatic rings. The van der Waals surface area contributed by atoms with E-state index in [1.807, 2.05) is 30.3 Å². The van der Waals surface area contributed by atoms with Gasteiger partial charge in [0.05, 0.1) is 0 Å². The number of carbonyl (C=O) groups is 1. The Balaban J connectivity index is 1.78. The molecule has 0 saturated heterocycles. The highest BCUT2D eigenvalue weighted by Crippen LogP contribution is 2.31. The number of hydrogen-bond donors (Lipinski definition) is 1. The van der Waals surface area contributed by atoms with Crippen molar-refractivity contribution < 1.29 is 9.52 Å². The second-order valence-electron chi connectivity index (χ2n) is 5.86. The number of pyridine rings is 1. The number of para-hydroxylation sites is 1. The van der Waals surface area contributed by atoms with Crippen LogP contribution in [0.2, 0.25) is 0 Å². The molecule has 0 unspecified atom stereocenters. The Morgan fingerprint density at radius 2 is 1.80 bits per heavy atom. The summed E-state index contributed by atoms with van der Waals surface area (Å²) in [5, 5.41) is 16.8. The van der Waals surface area contributed by atoms with Crippen LogP contribution in [0.25, 0.3) is 21.8 Å². The van der Waals surface area contributed by atoms with Crippen molar-refractivity contribution in [2.45, 2.75) is 13.5 Å². The molecular formula is C20H17N3O2. The highest BCUT2D eigenvalue weighted by molar-refractivity contribution is 6.10. The van der Waals surface area contributed by atoms with Gasteiger partial charge in [-0.15, -0.1) is 0 Å². The van der Waals surface area contributed by atoms with Crippen LogP contribution in [0.5, 0.6) is 0 Å². The van der Waals surface area contributed by atoms with Crippen LogP contribution in [0, 0.1) is 5.21 Å². The van der Waals surface area contributed by atoms with Gasteiger partial charge in [-0.05, 0) is 37.3 Å². The molecule has 124 valence electrons. The maximum Gasteiger partial charge on any atom is 0.321 e. The lowest BCUT2D eigenvalue weighted by Gasteiger charge is -2.07. The fourth-order valence-electron chi connectivity index (χ4n) is 3.27.